The minimum absolute atomic E-state index is 0.0547. The average Bonchev–Trinajstić information content (AvgIpc) is 3.05. The SMILES string of the molecule is CN=C(NCCC(C)N(C)Cc1ccccc1)NCC1(C)CCCO1. The van der Waals surface area contributed by atoms with E-state index in [1.165, 1.54) is 5.56 Å². The maximum atomic E-state index is 5.81. The van der Waals surface area contributed by atoms with Crippen LogP contribution in [0.15, 0.2) is 35.3 Å². The fourth-order valence-electron chi connectivity index (χ4n) is 3.11. The summed E-state index contributed by atoms with van der Waals surface area (Å²) in [5, 5.41) is 6.81. The van der Waals surface area contributed by atoms with Gasteiger partial charge in [0.05, 0.1) is 5.60 Å². The second kappa shape index (κ2) is 9.78. The lowest BCUT2D eigenvalue weighted by molar-refractivity contribution is 0.0243. The van der Waals surface area contributed by atoms with Crippen LogP contribution in [0.25, 0.3) is 0 Å². The summed E-state index contributed by atoms with van der Waals surface area (Å²) in [5.41, 5.74) is 1.30. The van der Waals surface area contributed by atoms with Crippen LogP contribution >= 0.6 is 0 Å². The van der Waals surface area contributed by atoms with Gasteiger partial charge in [-0.25, -0.2) is 0 Å². The van der Waals surface area contributed by atoms with Gasteiger partial charge in [-0.15, -0.1) is 0 Å². The van der Waals surface area contributed by atoms with E-state index in [1.54, 1.807) is 0 Å². The Morgan fingerprint density at radius 3 is 2.72 bits per heavy atom. The highest BCUT2D eigenvalue weighted by atomic mass is 16.5. The van der Waals surface area contributed by atoms with Crippen molar-refractivity contribution in [2.75, 3.05) is 33.8 Å². The topological polar surface area (TPSA) is 48.9 Å². The van der Waals surface area contributed by atoms with E-state index >= 15 is 0 Å². The Kier molecular flexibility index (Phi) is 7.72. The minimum Gasteiger partial charge on any atom is -0.373 e. The van der Waals surface area contributed by atoms with Crippen molar-refractivity contribution in [1.29, 1.82) is 0 Å². The first-order valence-electron chi connectivity index (χ1n) is 9.35. The lowest BCUT2D eigenvalue weighted by Gasteiger charge is -2.26. The number of nitrogens with one attached hydrogen (secondary N) is 2. The molecule has 1 aliphatic heterocycles. The molecule has 0 spiro atoms. The molecule has 0 radical (unpaired) electrons. The van der Waals surface area contributed by atoms with Crippen molar-refractivity contribution < 1.29 is 4.74 Å². The molecular formula is C20H34N4O. The van der Waals surface area contributed by atoms with Gasteiger partial charge in [-0.1, -0.05) is 30.3 Å². The molecule has 5 heteroatoms. The Labute approximate surface area is 152 Å². The van der Waals surface area contributed by atoms with Gasteiger partial charge in [0.1, 0.15) is 0 Å². The van der Waals surface area contributed by atoms with E-state index in [2.05, 4.69) is 71.8 Å². The fourth-order valence-corrected chi connectivity index (χ4v) is 3.11. The van der Waals surface area contributed by atoms with Crippen molar-refractivity contribution in [3.63, 3.8) is 0 Å². The van der Waals surface area contributed by atoms with Gasteiger partial charge in [0.25, 0.3) is 0 Å². The third kappa shape index (κ3) is 6.67. The van der Waals surface area contributed by atoms with Crippen LogP contribution in [0.4, 0.5) is 0 Å². The maximum absolute atomic E-state index is 5.81. The van der Waals surface area contributed by atoms with Crippen LogP contribution in [-0.4, -0.2) is 56.3 Å². The molecule has 1 fully saturated rings. The molecule has 1 aromatic carbocycles. The van der Waals surface area contributed by atoms with Crippen LogP contribution in [0.5, 0.6) is 0 Å². The zero-order valence-corrected chi connectivity index (χ0v) is 16.2. The molecule has 1 saturated heterocycles. The number of rotatable bonds is 8. The quantitative estimate of drug-likeness (QED) is 0.561. The van der Waals surface area contributed by atoms with Gasteiger partial charge in [0, 0.05) is 39.3 Å². The van der Waals surface area contributed by atoms with E-state index in [1.807, 2.05) is 7.05 Å². The number of benzene rings is 1. The predicted molar refractivity (Wildman–Crippen MR) is 105 cm³/mol. The van der Waals surface area contributed by atoms with Crippen molar-refractivity contribution in [3.8, 4) is 0 Å². The molecule has 5 nitrogen and oxygen atoms in total. The molecule has 140 valence electrons. The van der Waals surface area contributed by atoms with Crippen molar-refractivity contribution in [2.45, 2.75) is 51.3 Å². The van der Waals surface area contributed by atoms with Gasteiger partial charge in [0.15, 0.2) is 5.96 Å². The third-order valence-electron chi connectivity index (χ3n) is 5.04. The number of nitrogens with zero attached hydrogens (tertiary/aromatic N) is 2. The zero-order chi connectivity index (χ0) is 18.1. The number of hydrogen-bond donors (Lipinski definition) is 2. The van der Waals surface area contributed by atoms with E-state index in [0.29, 0.717) is 6.04 Å². The van der Waals surface area contributed by atoms with E-state index in [4.69, 9.17) is 4.74 Å². The molecular weight excluding hydrogens is 312 g/mol. The van der Waals surface area contributed by atoms with Gasteiger partial charge >= 0.3 is 0 Å². The number of aliphatic imine (C=N–C) groups is 1. The lowest BCUT2D eigenvalue weighted by Crippen LogP contribution is -2.46. The van der Waals surface area contributed by atoms with Crippen LogP contribution in [0, 0.1) is 0 Å². The van der Waals surface area contributed by atoms with E-state index < -0.39 is 0 Å². The number of ether oxygens (including phenoxy) is 1. The maximum Gasteiger partial charge on any atom is 0.191 e. The third-order valence-corrected chi connectivity index (χ3v) is 5.04. The summed E-state index contributed by atoms with van der Waals surface area (Å²) in [6.07, 6.45) is 3.32. The molecule has 2 N–H and O–H groups in total. The lowest BCUT2D eigenvalue weighted by atomic mass is 10.0. The zero-order valence-electron chi connectivity index (χ0n) is 16.2. The molecule has 0 aromatic heterocycles. The fraction of sp³-hybridized carbons (Fsp3) is 0.650. The number of guanidine groups is 1. The summed E-state index contributed by atoms with van der Waals surface area (Å²) in [5.74, 6) is 0.856. The molecule has 2 rings (SSSR count). The van der Waals surface area contributed by atoms with E-state index in [9.17, 15) is 0 Å². The Morgan fingerprint density at radius 2 is 2.08 bits per heavy atom. The Morgan fingerprint density at radius 1 is 1.32 bits per heavy atom. The summed E-state index contributed by atoms with van der Waals surface area (Å²) < 4.78 is 5.81. The van der Waals surface area contributed by atoms with Crippen LogP contribution < -0.4 is 10.6 Å². The first kappa shape index (κ1) is 19.7. The molecule has 25 heavy (non-hydrogen) atoms. The summed E-state index contributed by atoms with van der Waals surface area (Å²) in [6.45, 7) is 7.99. The summed E-state index contributed by atoms with van der Waals surface area (Å²) in [7, 11) is 4.00. The Balaban J connectivity index is 1.67. The summed E-state index contributed by atoms with van der Waals surface area (Å²) in [6, 6.07) is 11.1. The monoisotopic (exact) mass is 346 g/mol. The van der Waals surface area contributed by atoms with Crippen molar-refractivity contribution in [2.24, 2.45) is 4.99 Å². The summed E-state index contributed by atoms with van der Waals surface area (Å²) >= 11 is 0. The van der Waals surface area contributed by atoms with Gasteiger partial charge in [0.2, 0.25) is 0 Å². The predicted octanol–water partition coefficient (Wildman–Crippen LogP) is 2.63. The van der Waals surface area contributed by atoms with Gasteiger partial charge in [-0.2, -0.15) is 0 Å². The highest BCUT2D eigenvalue weighted by molar-refractivity contribution is 5.79. The van der Waals surface area contributed by atoms with Crippen LogP contribution in [0.2, 0.25) is 0 Å². The standard InChI is InChI=1S/C20H34N4O/c1-17(24(4)15-18-9-6-5-7-10-18)11-13-22-19(21-3)23-16-20(2)12-8-14-25-20/h5-7,9-10,17H,8,11-16H2,1-4H3,(H2,21,22,23). The molecule has 0 bridgehead atoms. The van der Waals surface area contributed by atoms with E-state index in [0.717, 1.165) is 51.5 Å². The Hall–Kier alpha value is -1.59. The average molecular weight is 347 g/mol. The smallest absolute Gasteiger partial charge is 0.191 e. The first-order chi connectivity index (χ1) is 12.0. The van der Waals surface area contributed by atoms with Crippen molar-refractivity contribution in [3.05, 3.63) is 35.9 Å². The normalized spacial score (nSPS) is 22.2. The largest absolute Gasteiger partial charge is 0.373 e. The molecule has 1 aliphatic rings. The van der Waals surface area contributed by atoms with Crippen LogP contribution in [0.1, 0.15) is 38.7 Å². The van der Waals surface area contributed by atoms with Gasteiger partial charge < -0.3 is 15.4 Å². The molecule has 2 unspecified atom stereocenters. The Bertz CT molecular complexity index is 526. The van der Waals surface area contributed by atoms with E-state index in [-0.39, 0.29) is 5.60 Å². The highest BCUT2D eigenvalue weighted by Gasteiger charge is 2.29. The van der Waals surface area contributed by atoms with Crippen LogP contribution in [-0.2, 0) is 11.3 Å². The second-order valence-electron chi connectivity index (χ2n) is 7.29. The summed E-state index contributed by atoms with van der Waals surface area (Å²) in [4.78, 5) is 6.70. The van der Waals surface area contributed by atoms with Crippen molar-refractivity contribution >= 4 is 5.96 Å². The minimum atomic E-state index is -0.0547. The highest BCUT2D eigenvalue weighted by Crippen LogP contribution is 2.23. The molecule has 0 amide bonds. The molecule has 1 heterocycles. The number of hydrogen-bond acceptors (Lipinski definition) is 3. The molecule has 1 aromatic rings. The second-order valence-corrected chi connectivity index (χ2v) is 7.29. The molecule has 0 aliphatic carbocycles. The first-order valence-corrected chi connectivity index (χ1v) is 9.35. The molecule has 0 saturated carbocycles. The van der Waals surface area contributed by atoms with Gasteiger partial charge in [-0.3, -0.25) is 9.89 Å². The van der Waals surface area contributed by atoms with Crippen LogP contribution in [0.3, 0.4) is 0 Å². The molecule has 2 atom stereocenters. The van der Waals surface area contributed by atoms with Crippen molar-refractivity contribution in [1.82, 2.24) is 15.5 Å². The van der Waals surface area contributed by atoms with Gasteiger partial charge in [-0.05, 0) is 45.7 Å².